The minimum Gasteiger partial charge on any atom is -0.497 e. The van der Waals surface area contributed by atoms with Crippen molar-refractivity contribution >= 4 is 11.8 Å². The molecule has 2 amide bonds. The fourth-order valence-corrected chi connectivity index (χ4v) is 4.27. The van der Waals surface area contributed by atoms with Crippen LogP contribution in [0.1, 0.15) is 56.7 Å². The van der Waals surface area contributed by atoms with Gasteiger partial charge in [-0.15, -0.1) is 0 Å². The van der Waals surface area contributed by atoms with Crippen LogP contribution in [-0.4, -0.2) is 42.5 Å². The minimum absolute atomic E-state index is 0.0105. The maximum Gasteiger partial charge on any atom is 0.261 e. The summed E-state index contributed by atoms with van der Waals surface area (Å²) >= 11 is 0. The van der Waals surface area contributed by atoms with Crippen LogP contribution in [0, 0.1) is 0 Å². The molecule has 0 aliphatic carbocycles. The zero-order chi connectivity index (χ0) is 27.5. The highest BCUT2D eigenvalue weighted by Gasteiger charge is 2.31. The predicted molar refractivity (Wildman–Crippen MR) is 151 cm³/mol. The summed E-state index contributed by atoms with van der Waals surface area (Å²) in [6.45, 7) is 8.25. The average molecular weight is 517 g/mol. The molecule has 6 nitrogen and oxygen atoms in total. The highest BCUT2D eigenvalue weighted by molar-refractivity contribution is 5.88. The van der Waals surface area contributed by atoms with Gasteiger partial charge in [-0.25, -0.2) is 0 Å². The predicted octanol–water partition coefficient (Wildman–Crippen LogP) is 5.75. The molecule has 0 aromatic heterocycles. The summed E-state index contributed by atoms with van der Waals surface area (Å²) in [5.74, 6) is 1.19. The molecular formula is C32H40N2O4. The molecule has 38 heavy (non-hydrogen) atoms. The number of methoxy groups -OCH3 is 1. The van der Waals surface area contributed by atoms with Gasteiger partial charge in [0.1, 0.15) is 17.5 Å². The van der Waals surface area contributed by atoms with Crippen LogP contribution in [0.4, 0.5) is 0 Å². The van der Waals surface area contributed by atoms with E-state index in [0.717, 1.165) is 23.1 Å². The lowest BCUT2D eigenvalue weighted by molar-refractivity contribution is -0.143. The first-order chi connectivity index (χ1) is 18.3. The van der Waals surface area contributed by atoms with Gasteiger partial charge in [0.05, 0.1) is 7.11 Å². The molecule has 0 fully saturated rings. The molecule has 0 aliphatic rings. The van der Waals surface area contributed by atoms with E-state index >= 15 is 0 Å². The second-order valence-corrected chi connectivity index (χ2v) is 9.88. The first-order valence-corrected chi connectivity index (χ1v) is 13.3. The number of amides is 2. The van der Waals surface area contributed by atoms with E-state index in [1.54, 1.807) is 12.0 Å². The Bertz CT molecular complexity index is 1180. The number of nitrogens with one attached hydrogen (secondary N) is 1. The van der Waals surface area contributed by atoms with Gasteiger partial charge in [0, 0.05) is 19.0 Å². The van der Waals surface area contributed by atoms with E-state index in [1.165, 1.54) is 0 Å². The Hall–Kier alpha value is -3.80. The van der Waals surface area contributed by atoms with Crippen molar-refractivity contribution in [2.45, 2.75) is 65.1 Å². The Morgan fingerprint density at radius 2 is 1.58 bits per heavy atom. The summed E-state index contributed by atoms with van der Waals surface area (Å²) < 4.78 is 11.5. The fourth-order valence-electron chi connectivity index (χ4n) is 4.27. The second-order valence-electron chi connectivity index (χ2n) is 9.88. The molecular weight excluding hydrogens is 476 g/mol. The van der Waals surface area contributed by atoms with Gasteiger partial charge in [0.15, 0.2) is 6.61 Å². The van der Waals surface area contributed by atoms with Gasteiger partial charge in [-0.05, 0) is 54.2 Å². The molecule has 0 saturated heterocycles. The van der Waals surface area contributed by atoms with Crippen LogP contribution in [-0.2, 0) is 22.6 Å². The summed E-state index contributed by atoms with van der Waals surface area (Å²) in [6.07, 6.45) is 1.18. The Labute approximate surface area is 227 Å². The monoisotopic (exact) mass is 516 g/mol. The van der Waals surface area contributed by atoms with Crippen LogP contribution in [0.25, 0.3) is 0 Å². The molecule has 0 unspecified atom stereocenters. The average Bonchev–Trinajstić information content (AvgIpc) is 2.94. The molecule has 0 radical (unpaired) electrons. The van der Waals surface area contributed by atoms with E-state index in [2.05, 4.69) is 19.2 Å². The number of benzene rings is 3. The SMILES string of the molecule is CC[C@@H](C)NC(=O)[C@H](Cc1ccccc1)N(Cc1cccc(OC)c1)C(=O)COc1ccccc1C(C)C. The van der Waals surface area contributed by atoms with Gasteiger partial charge < -0.3 is 19.7 Å². The van der Waals surface area contributed by atoms with Crippen molar-refractivity contribution in [1.82, 2.24) is 10.2 Å². The van der Waals surface area contributed by atoms with Crippen LogP contribution in [0.5, 0.6) is 11.5 Å². The van der Waals surface area contributed by atoms with Crippen LogP contribution in [0.2, 0.25) is 0 Å². The van der Waals surface area contributed by atoms with Gasteiger partial charge in [0.2, 0.25) is 5.91 Å². The summed E-state index contributed by atoms with van der Waals surface area (Å²) in [4.78, 5) is 29.1. The van der Waals surface area contributed by atoms with Crippen LogP contribution < -0.4 is 14.8 Å². The highest BCUT2D eigenvalue weighted by Crippen LogP contribution is 2.26. The Balaban J connectivity index is 1.95. The molecule has 6 heteroatoms. The second kappa shape index (κ2) is 14.2. The van der Waals surface area contributed by atoms with Crippen molar-refractivity contribution in [3.8, 4) is 11.5 Å². The molecule has 3 aromatic rings. The Morgan fingerprint density at radius 1 is 0.895 bits per heavy atom. The molecule has 202 valence electrons. The van der Waals surface area contributed by atoms with E-state index in [9.17, 15) is 9.59 Å². The third kappa shape index (κ3) is 8.10. The van der Waals surface area contributed by atoms with Crippen molar-refractivity contribution in [2.24, 2.45) is 0 Å². The molecule has 0 bridgehead atoms. The minimum atomic E-state index is -0.714. The molecule has 0 heterocycles. The highest BCUT2D eigenvalue weighted by atomic mass is 16.5. The lowest BCUT2D eigenvalue weighted by Gasteiger charge is -2.32. The van der Waals surface area contributed by atoms with E-state index in [4.69, 9.17) is 9.47 Å². The fraction of sp³-hybridized carbons (Fsp3) is 0.375. The summed E-state index contributed by atoms with van der Waals surface area (Å²) in [5.41, 5.74) is 2.89. The summed E-state index contributed by atoms with van der Waals surface area (Å²) in [5, 5.41) is 3.09. The van der Waals surface area contributed by atoms with Gasteiger partial charge in [0.25, 0.3) is 5.91 Å². The molecule has 1 N–H and O–H groups in total. The number of rotatable bonds is 13. The zero-order valence-electron chi connectivity index (χ0n) is 23.1. The number of hydrogen-bond donors (Lipinski definition) is 1. The van der Waals surface area contributed by atoms with Crippen molar-refractivity contribution in [3.05, 3.63) is 95.6 Å². The number of para-hydroxylation sites is 1. The lowest BCUT2D eigenvalue weighted by atomic mass is 10.0. The molecule has 2 atom stereocenters. The van der Waals surface area contributed by atoms with Gasteiger partial charge in [-0.1, -0.05) is 81.4 Å². The standard InChI is InChI=1S/C32H40N2O4/c1-6-24(4)33-32(36)29(20-25-13-8-7-9-14-25)34(21-26-15-12-16-27(19-26)37-5)31(35)22-38-30-18-11-10-17-28(30)23(2)3/h7-19,23-24,29H,6,20-22H2,1-5H3,(H,33,36)/t24-,29+/m1/s1. The number of carbonyl (C=O) groups excluding carboxylic acids is 2. The number of nitrogens with zero attached hydrogens (tertiary/aromatic N) is 1. The molecule has 3 rings (SSSR count). The Kier molecular flexibility index (Phi) is 10.8. The van der Waals surface area contributed by atoms with Gasteiger partial charge in [-0.3, -0.25) is 9.59 Å². The topological polar surface area (TPSA) is 67.9 Å². The lowest BCUT2D eigenvalue weighted by Crippen LogP contribution is -2.53. The van der Waals surface area contributed by atoms with E-state index in [1.807, 2.05) is 92.7 Å². The maximum absolute atomic E-state index is 13.8. The zero-order valence-corrected chi connectivity index (χ0v) is 23.1. The third-order valence-electron chi connectivity index (χ3n) is 6.65. The van der Waals surface area contributed by atoms with Crippen molar-refractivity contribution in [2.75, 3.05) is 13.7 Å². The van der Waals surface area contributed by atoms with E-state index in [-0.39, 0.29) is 36.9 Å². The first-order valence-electron chi connectivity index (χ1n) is 13.3. The molecule has 0 aliphatic heterocycles. The quantitative estimate of drug-likeness (QED) is 0.314. The molecule has 0 saturated carbocycles. The normalized spacial score (nSPS) is 12.5. The summed E-state index contributed by atoms with van der Waals surface area (Å²) in [7, 11) is 1.61. The smallest absolute Gasteiger partial charge is 0.261 e. The van der Waals surface area contributed by atoms with Crippen molar-refractivity contribution in [1.29, 1.82) is 0 Å². The van der Waals surface area contributed by atoms with Crippen LogP contribution in [0.15, 0.2) is 78.9 Å². The number of carbonyl (C=O) groups is 2. The number of hydrogen-bond acceptors (Lipinski definition) is 4. The van der Waals surface area contributed by atoms with Gasteiger partial charge >= 0.3 is 0 Å². The van der Waals surface area contributed by atoms with E-state index < -0.39 is 6.04 Å². The number of ether oxygens (including phenoxy) is 2. The summed E-state index contributed by atoms with van der Waals surface area (Å²) in [6, 6.07) is 24.4. The third-order valence-corrected chi connectivity index (χ3v) is 6.65. The first kappa shape index (κ1) is 28.8. The molecule has 3 aromatic carbocycles. The van der Waals surface area contributed by atoms with Crippen LogP contribution >= 0.6 is 0 Å². The molecule has 0 spiro atoms. The largest absolute Gasteiger partial charge is 0.497 e. The van der Waals surface area contributed by atoms with Crippen molar-refractivity contribution < 1.29 is 19.1 Å². The Morgan fingerprint density at radius 3 is 2.26 bits per heavy atom. The maximum atomic E-state index is 13.8. The van der Waals surface area contributed by atoms with E-state index in [0.29, 0.717) is 17.9 Å². The van der Waals surface area contributed by atoms with Crippen LogP contribution in [0.3, 0.4) is 0 Å². The van der Waals surface area contributed by atoms with Gasteiger partial charge in [-0.2, -0.15) is 0 Å². The van der Waals surface area contributed by atoms with Crippen molar-refractivity contribution in [3.63, 3.8) is 0 Å².